The summed E-state index contributed by atoms with van der Waals surface area (Å²) in [5.74, 6) is 0.764. The van der Waals surface area contributed by atoms with Crippen LogP contribution < -0.4 is 10.2 Å². The fraction of sp³-hybridized carbons (Fsp3) is 0.444. The number of imidazole rings is 1. The van der Waals surface area contributed by atoms with Crippen molar-refractivity contribution in [2.45, 2.75) is 25.8 Å². The molecule has 6 nitrogen and oxygen atoms in total. The summed E-state index contributed by atoms with van der Waals surface area (Å²) in [5.41, 5.74) is 2.06. The van der Waals surface area contributed by atoms with Crippen molar-refractivity contribution in [3.63, 3.8) is 0 Å². The Kier molecular flexibility index (Phi) is 6.23. The molecule has 0 saturated carbocycles. The monoisotopic (exact) mass is 330 g/mol. The molecule has 0 spiro atoms. The van der Waals surface area contributed by atoms with Crippen LogP contribution in [0.3, 0.4) is 0 Å². The zero-order valence-electron chi connectivity index (χ0n) is 14.8. The molecule has 0 radical (unpaired) electrons. The molecule has 0 fully saturated rings. The number of hydrogen-bond acceptors (Lipinski definition) is 4. The molecule has 0 saturated heterocycles. The van der Waals surface area contributed by atoms with Crippen LogP contribution in [0.15, 0.2) is 36.7 Å². The number of unbranched alkanes of at least 4 members (excludes halogenated alkanes) is 1. The van der Waals surface area contributed by atoms with E-state index in [1.807, 2.05) is 61.1 Å². The second-order valence-corrected chi connectivity index (χ2v) is 5.95. The minimum Gasteiger partial charge on any atom is -0.450 e. The summed E-state index contributed by atoms with van der Waals surface area (Å²) in [6.45, 7) is 2.49. The molecule has 1 N–H and O–H groups in total. The molecule has 1 aromatic carbocycles. The lowest BCUT2D eigenvalue weighted by Crippen LogP contribution is -2.31. The predicted octanol–water partition coefficient (Wildman–Crippen LogP) is 3.10. The van der Waals surface area contributed by atoms with E-state index < -0.39 is 6.09 Å². The van der Waals surface area contributed by atoms with Crippen molar-refractivity contribution in [3.8, 4) is 0 Å². The number of ether oxygens (including phenoxy) is 1. The van der Waals surface area contributed by atoms with Crippen molar-refractivity contribution in [3.05, 3.63) is 48.0 Å². The first kappa shape index (κ1) is 17.8. The number of carbonyl (C=O) groups excluding carboxylic acids is 1. The number of carbonyl (C=O) groups is 1. The van der Waals surface area contributed by atoms with Gasteiger partial charge < -0.3 is 19.5 Å². The Hall–Kier alpha value is -2.50. The molecule has 130 valence electrons. The zero-order chi connectivity index (χ0) is 17.5. The van der Waals surface area contributed by atoms with Gasteiger partial charge in [-0.25, -0.2) is 9.78 Å². The van der Waals surface area contributed by atoms with Crippen LogP contribution in [0, 0.1) is 0 Å². The van der Waals surface area contributed by atoms with Crippen molar-refractivity contribution in [1.29, 1.82) is 0 Å². The predicted molar refractivity (Wildman–Crippen MR) is 95.2 cm³/mol. The highest BCUT2D eigenvalue weighted by Gasteiger charge is 2.21. The number of nitrogens with one attached hydrogen (secondary N) is 1. The summed E-state index contributed by atoms with van der Waals surface area (Å²) >= 11 is 0. The minimum atomic E-state index is -0.423. The fourth-order valence-corrected chi connectivity index (χ4v) is 2.39. The van der Waals surface area contributed by atoms with E-state index in [-0.39, 0.29) is 6.04 Å². The number of benzene rings is 1. The molecule has 0 aliphatic rings. The van der Waals surface area contributed by atoms with Crippen molar-refractivity contribution in [1.82, 2.24) is 14.9 Å². The summed E-state index contributed by atoms with van der Waals surface area (Å²) < 4.78 is 7.14. The first-order chi connectivity index (χ1) is 11.5. The summed E-state index contributed by atoms with van der Waals surface area (Å²) in [6.07, 6.45) is 5.01. The highest BCUT2D eigenvalue weighted by molar-refractivity contribution is 5.68. The normalized spacial score (nSPS) is 11.8. The van der Waals surface area contributed by atoms with Gasteiger partial charge in [-0.05, 0) is 24.1 Å². The highest BCUT2D eigenvalue weighted by Crippen LogP contribution is 2.23. The molecule has 24 heavy (non-hydrogen) atoms. The molecule has 6 heteroatoms. The quantitative estimate of drug-likeness (QED) is 0.793. The number of nitrogens with zero attached hydrogens (tertiary/aromatic N) is 3. The maximum Gasteiger partial charge on any atom is 0.407 e. The summed E-state index contributed by atoms with van der Waals surface area (Å²) in [5, 5.41) is 2.93. The van der Waals surface area contributed by atoms with E-state index in [2.05, 4.69) is 17.2 Å². The van der Waals surface area contributed by atoms with Crippen molar-refractivity contribution in [2.24, 2.45) is 7.05 Å². The van der Waals surface area contributed by atoms with Gasteiger partial charge in [0.25, 0.3) is 0 Å². The lowest BCUT2D eigenvalue weighted by Gasteiger charge is -2.20. The lowest BCUT2D eigenvalue weighted by molar-refractivity contribution is 0.141. The maximum atomic E-state index is 12.1. The van der Waals surface area contributed by atoms with Crippen molar-refractivity contribution < 1.29 is 9.53 Å². The Morgan fingerprint density at radius 3 is 2.58 bits per heavy atom. The van der Waals surface area contributed by atoms with E-state index in [0.717, 1.165) is 29.9 Å². The van der Waals surface area contributed by atoms with Gasteiger partial charge in [0.1, 0.15) is 11.9 Å². The minimum absolute atomic E-state index is 0.352. The van der Waals surface area contributed by atoms with Gasteiger partial charge in [0.05, 0.1) is 6.61 Å². The second-order valence-electron chi connectivity index (χ2n) is 5.95. The van der Waals surface area contributed by atoms with E-state index in [9.17, 15) is 4.79 Å². The molecule has 1 heterocycles. The van der Waals surface area contributed by atoms with Gasteiger partial charge in [-0.15, -0.1) is 0 Å². The van der Waals surface area contributed by atoms with Crippen LogP contribution in [-0.4, -0.2) is 36.3 Å². The number of aryl methyl sites for hydroxylation is 1. The van der Waals surface area contributed by atoms with Crippen LogP contribution in [0.5, 0.6) is 0 Å². The van der Waals surface area contributed by atoms with Gasteiger partial charge in [-0.2, -0.15) is 0 Å². The molecule has 2 rings (SSSR count). The number of rotatable bonds is 7. The van der Waals surface area contributed by atoms with Crippen LogP contribution in [0.2, 0.25) is 0 Å². The SMILES string of the molecule is CCCCOC(=O)NC(c1ccc(N(C)C)cc1)c1nccn1C. The molecule has 2 aromatic rings. The Bertz CT molecular complexity index is 649. The number of aromatic nitrogens is 2. The third kappa shape index (κ3) is 4.50. The van der Waals surface area contributed by atoms with Crippen LogP contribution >= 0.6 is 0 Å². The Labute approximate surface area is 143 Å². The molecule has 0 aliphatic heterocycles. The van der Waals surface area contributed by atoms with Gasteiger partial charge in [-0.3, -0.25) is 0 Å². The summed E-state index contributed by atoms with van der Waals surface area (Å²) in [7, 11) is 5.90. The number of alkyl carbamates (subject to hydrolysis) is 1. The van der Waals surface area contributed by atoms with E-state index in [4.69, 9.17) is 4.74 Å². The van der Waals surface area contributed by atoms with Crippen molar-refractivity contribution in [2.75, 3.05) is 25.6 Å². The smallest absolute Gasteiger partial charge is 0.407 e. The van der Waals surface area contributed by atoms with Gasteiger partial charge >= 0.3 is 6.09 Å². The van der Waals surface area contributed by atoms with E-state index >= 15 is 0 Å². The van der Waals surface area contributed by atoms with Gasteiger partial charge in [0.15, 0.2) is 0 Å². The molecule has 1 unspecified atom stereocenters. The first-order valence-corrected chi connectivity index (χ1v) is 8.20. The van der Waals surface area contributed by atoms with Gasteiger partial charge in [0, 0.05) is 39.2 Å². The zero-order valence-corrected chi connectivity index (χ0v) is 14.8. The number of hydrogen-bond donors (Lipinski definition) is 1. The maximum absolute atomic E-state index is 12.1. The molecular weight excluding hydrogens is 304 g/mol. The summed E-state index contributed by atoms with van der Waals surface area (Å²) in [6, 6.07) is 7.70. The Balaban J connectivity index is 2.20. The van der Waals surface area contributed by atoms with Crippen LogP contribution in [0.4, 0.5) is 10.5 Å². The van der Waals surface area contributed by atoms with E-state index in [0.29, 0.717) is 6.61 Å². The highest BCUT2D eigenvalue weighted by atomic mass is 16.5. The third-order valence-corrected chi connectivity index (χ3v) is 3.85. The standard InChI is InChI=1S/C18H26N4O2/c1-5-6-13-24-18(23)20-16(17-19-11-12-22(17)4)14-7-9-15(10-8-14)21(2)3/h7-12,16H,5-6,13H2,1-4H3,(H,20,23). The lowest BCUT2D eigenvalue weighted by atomic mass is 10.1. The fourth-order valence-electron chi connectivity index (χ4n) is 2.39. The van der Waals surface area contributed by atoms with Gasteiger partial charge in [0.2, 0.25) is 0 Å². The Morgan fingerprint density at radius 1 is 1.33 bits per heavy atom. The molecule has 1 atom stereocenters. The van der Waals surface area contributed by atoms with Crippen LogP contribution in [0.1, 0.15) is 37.2 Å². The number of anilines is 1. The van der Waals surface area contributed by atoms with Crippen molar-refractivity contribution >= 4 is 11.8 Å². The van der Waals surface area contributed by atoms with Crippen LogP contribution in [-0.2, 0) is 11.8 Å². The number of amides is 1. The molecule has 0 aliphatic carbocycles. The topological polar surface area (TPSA) is 59.4 Å². The third-order valence-electron chi connectivity index (χ3n) is 3.85. The van der Waals surface area contributed by atoms with E-state index in [1.54, 1.807) is 6.20 Å². The van der Waals surface area contributed by atoms with Crippen LogP contribution in [0.25, 0.3) is 0 Å². The largest absolute Gasteiger partial charge is 0.450 e. The summed E-state index contributed by atoms with van der Waals surface area (Å²) in [4.78, 5) is 18.5. The average Bonchev–Trinajstić information content (AvgIpc) is 2.99. The van der Waals surface area contributed by atoms with Gasteiger partial charge in [-0.1, -0.05) is 25.5 Å². The molecule has 0 bridgehead atoms. The second kappa shape index (κ2) is 8.38. The molecule has 1 amide bonds. The first-order valence-electron chi connectivity index (χ1n) is 8.20. The molecular formula is C18H26N4O2. The Morgan fingerprint density at radius 2 is 2.04 bits per heavy atom. The van der Waals surface area contributed by atoms with E-state index in [1.165, 1.54) is 0 Å². The molecule has 1 aromatic heterocycles. The average molecular weight is 330 g/mol.